The van der Waals surface area contributed by atoms with Crippen molar-refractivity contribution in [3.63, 3.8) is 0 Å². The summed E-state index contributed by atoms with van der Waals surface area (Å²) >= 11 is 6.03. The number of unbranched alkanes of at least 4 members (excludes halogenated alkanes) is 1. The first-order valence-corrected chi connectivity index (χ1v) is 11.4. The lowest BCUT2D eigenvalue weighted by atomic mass is 10.1. The maximum absolute atomic E-state index is 12.9. The number of hydrogen-bond acceptors (Lipinski definition) is 4. The van der Waals surface area contributed by atoms with E-state index in [4.69, 9.17) is 16.7 Å². The standard InChI is InChI=1S/C23H31ClN4O2/c1-3-4-7-19-14-26(15-22(29)27-12-5-6-16(27)2)23(30)21-13-20(25-28(19)21)17-8-10-18(24)11-9-17/h8-11,13,16,19,23,30H,3-7,12,14-15H2,1-2H3/t16-,19?,23?/m0/s1. The molecule has 162 valence electrons. The van der Waals surface area contributed by atoms with E-state index in [2.05, 4.69) is 13.8 Å². The highest BCUT2D eigenvalue weighted by Gasteiger charge is 2.36. The summed E-state index contributed by atoms with van der Waals surface area (Å²) in [5, 5.41) is 16.6. The van der Waals surface area contributed by atoms with Crippen molar-refractivity contribution in [3.8, 4) is 11.3 Å². The maximum atomic E-state index is 12.9. The number of aliphatic hydroxyl groups excluding tert-OH is 1. The number of aromatic nitrogens is 2. The zero-order chi connectivity index (χ0) is 21.3. The Kier molecular flexibility index (Phi) is 6.46. The van der Waals surface area contributed by atoms with Crippen LogP contribution in [0.15, 0.2) is 30.3 Å². The first-order valence-electron chi connectivity index (χ1n) is 11.0. The molecule has 1 aromatic heterocycles. The van der Waals surface area contributed by atoms with Gasteiger partial charge in [0.25, 0.3) is 0 Å². The highest BCUT2D eigenvalue weighted by atomic mass is 35.5. The van der Waals surface area contributed by atoms with E-state index in [1.54, 1.807) is 0 Å². The average Bonchev–Trinajstić information content (AvgIpc) is 3.36. The van der Waals surface area contributed by atoms with Crippen LogP contribution in [-0.2, 0) is 4.79 Å². The molecule has 2 unspecified atom stereocenters. The number of amides is 1. The van der Waals surface area contributed by atoms with Crippen molar-refractivity contribution >= 4 is 17.5 Å². The Morgan fingerprint density at radius 3 is 2.73 bits per heavy atom. The summed E-state index contributed by atoms with van der Waals surface area (Å²) in [5.74, 6) is 0.110. The SMILES string of the molecule is CCCCC1CN(CC(=O)N2CCC[C@@H]2C)C(O)c2cc(-c3ccc(Cl)cc3)nn21. The lowest BCUT2D eigenvalue weighted by Gasteiger charge is -2.38. The van der Waals surface area contributed by atoms with E-state index in [1.807, 2.05) is 44.8 Å². The van der Waals surface area contributed by atoms with Crippen molar-refractivity contribution in [1.82, 2.24) is 19.6 Å². The van der Waals surface area contributed by atoms with Crippen molar-refractivity contribution in [2.45, 2.75) is 64.3 Å². The van der Waals surface area contributed by atoms with E-state index in [-0.39, 0.29) is 24.5 Å². The molecule has 0 bridgehead atoms. The van der Waals surface area contributed by atoms with Gasteiger partial charge in [-0.3, -0.25) is 14.4 Å². The van der Waals surface area contributed by atoms with Gasteiger partial charge in [0.1, 0.15) is 0 Å². The highest BCUT2D eigenvalue weighted by Crippen LogP contribution is 2.34. The first kappa shape index (κ1) is 21.3. The molecule has 2 aliphatic rings. The molecule has 0 saturated carbocycles. The lowest BCUT2D eigenvalue weighted by molar-refractivity contribution is -0.137. The fraction of sp³-hybridized carbons (Fsp3) is 0.565. The number of carbonyl (C=O) groups excluding carboxylic acids is 1. The quantitative estimate of drug-likeness (QED) is 0.744. The second kappa shape index (κ2) is 9.08. The summed E-state index contributed by atoms with van der Waals surface area (Å²) in [5.41, 5.74) is 2.55. The van der Waals surface area contributed by atoms with Gasteiger partial charge in [-0.2, -0.15) is 5.10 Å². The summed E-state index contributed by atoms with van der Waals surface area (Å²) < 4.78 is 1.98. The minimum absolute atomic E-state index is 0.110. The lowest BCUT2D eigenvalue weighted by Crippen LogP contribution is -2.47. The summed E-state index contributed by atoms with van der Waals surface area (Å²) in [6.45, 7) is 5.98. The molecule has 0 aliphatic carbocycles. The fourth-order valence-corrected chi connectivity index (χ4v) is 4.79. The summed E-state index contributed by atoms with van der Waals surface area (Å²) in [7, 11) is 0. The van der Waals surface area contributed by atoms with Crippen molar-refractivity contribution in [2.75, 3.05) is 19.6 Å². The normalized spacial score (nSPS) is 24.3. The monoisotopic (exact) mass is 430 g/mol. The average molecular weight is 431 g/mol. The Bertz CT molecular complexity index is 882. The Labute approximate surface area is 183 Å². The number of halogens is 1. The zero-order valence-corrected chi connectivity index (χ0v) is 18.6. The number of rotatable bonds is 6. The molecule has 1 aromatic carbocycles. The molecular weight excluding hydrogens is 400 g/mol. The molecule has 30 heavy (non-hydrogen) atoms. The van der Waals surface area contributed by atoms with Crippen molar-refractivity contribution in [2.24, 2.45) is 0 Å². The predicted molar refractivity (Wildman–Crippen MR) is 118 cm³/mol. The van der Waals surface area contributed by atoms with Gasteiger partial charge in [-0.1, -0.05) is 43.5 Å². The number of carbonyl (C=O) groups is 1. The van der Waals surface area contributed by atoms with Crippen LogP contribution in [0.4, 0.5) is 0 Å². The molecule has 7 heteroatoms. The molecule has 2 aromatic rings. The molecule has 1 N–H and O–H groups in total. The number of aliphatic hydroxyl groups is 1. The number of hydrogen-bond donors (Lipinski definition) is 1. The zero-order valence-electron chi connectivity index (χ0n) is 17.8. The number of benzene rings is 1. The topological polar surface area (TPSA) is 61.6 Å². The minimum Gasteiger partial charge on any atom is -0.372 e. The van der Waals surface area contributed by atoms with Gasteiger partial charge in [-0.15, -0.1) is 0 Å². The highest BCUT2D eigenvalue weighted by molar-refractivity contribution is 6.30. The maximum Gasteiger partial charge on any atom is 0.237 e. The Balaban J connectivity index is 1.59. The van der Waals surface area contributed by atoms with Crippen LogP contribution < -0.4 is 0 Å². The Morgan fingerprint density at radius 2 is 2.07 bits per heavy atom. The van der Waals surface area contributed by atoms with Gasteiger partial charge >= 0.3 is 0 Å². The molecule has 0 spiro atoms. The molecule has 1 amide bonds. The molecule has 4 rings (SSSR count). The summed E-state index contributed by atoms with van der Waals surface area (Å²) in [6.07, 6.45) is 4.45. The summed E-state index contributed by atoms with van der Waals surface area (Å²) in [4.78, 5) is 16.8. The molecule has 3 atom stereocenters. The molecule has 0 radical (unpaired) electrons. The van der Waals surface area contributed by atoms with E-state index >= 15 is 0 Å². The predicted octanol–water partition coefficient (Wildman–Crippen LogP) is 4.25. The van der Waals surface area contributed by atoms with Gasteiger partial charge in [0.2, 0.25) is 5.91 Å². The van der Waals surface area contributed by atoms with Crippen LogP contribution in [0.25, 0.3) is 11.3 Å². The van der Waals surface area contributed by atoms with E-state index in [0.717, 1.165) is 55.6 Å². The van der Waals surface area contributed by atoms with Crippen LogP contribution in [0.5, 0.6) is 0 Å². The van der Waals surface area contributed by atoms with Crippen molar-refractivity contribution in [1.29, 1.82) is 0 Å². The molecule has 1 fully saturated rings. The van der Waals surface area contributed by atoms with Gasteiger partial charge < -0.3 is 10.0 Å². The third-order valence-corrected chi connectivity index (χ3v) is 6.66. The second-order valence-corrected chi connectivity index (χ2v) is 9.02. The molecule has 1 saturated heterocycles. The fourth-order valence-electron chi connectivity index (χ4n) is 4.66. The van der Waals surface area contributed by atoms with E-state index in [0.29, 0.717) is 11.6 Å². The first-order chi connectivity index (χ1) is 14.5. The van der Waals surface area contributed by atoms with Crippen molar-refractivity contribution < 1.29 is 9.90 Å². The van der Waals surface area contributed by atoms with Crippen LogP contribution in [0.3, 0.4) is 0 Å². The third kappa shape index (κ3) is 4.27. The Hall–Kier alpha value is -1.89. The number of likely N-dealkylation sites (tertiary alicyclic amines) is 1. The molecule has 3 heterocycles. The largest absolute Gasteiger partial charge is 0.372 e. The van der Waals surface area contributed by atoms with Crippen LogP contribution in [0, 0.1) is 0 Å². The molecule has 2 aliphatic heterocycles. The molecular formula is C23H31ClN4O2. The van der Waals surface area contributed by atoms with Crippen LogP contribution in [0.2, 0.25) is 5.02 Å². The van der Waals surface area contributed by atoms with E-state index in [1.165, 1.54) is 0 Å². The van der Waals surface area contributed by atoms with Gasteiger partial charge in [0, 0.05) is 29.7 Å². The van der Waals surface area contributed by atoms with Gasteiger partial charge in [0.05, 0.1) is 24.0 Å². The van der Waals surface area contributed by atoms with Gasteiger partial charge in [-0.05, 0) is 44.4 Å². The number of fused-ring (bicyclic) bond motifs is 1. The van der Waals surface area contributed by atoms with Crippen molar-refractivity contribution in [3.05, 3.63) is 41.0 Å². The van der Waals surface area contributed by atoms with Crippen LogP contribution in [0.1, 0.15) is 63.9 Å². The van der Waals surface area contributed by atoms with E-state index in [9.17, 15) is 9.90 Å². The number of nitrogens with zero attached hydrogens (tertiary/aromatic N) is 4. The van der Waals surface area contributed by atoms with E-state index < -0.39 is 6.23 Å². The minimum atomic E-state index is -0.835. The Morgan fingerprint density at radius 1 is 1.30 bits per heavy atom. The smallest absolute Gasteiger partial charge is 0.237 e. The summed E-state index contributed by atoms with van der Waals surface area (Å²) in [6, 6.07) is 9.97. The van der Waals surface area contributed by atoms with Gasteiger partial charge in [0.15, 0.2) is 6.23 Å². The molecule has 6 nitrogen and oxygen atoms in total. The second-order valence-electron chi connectivity index (χ2n) is 8.58. The van der Waals surface area contributed by atoms with Crippen LogP contribution >= 0.6 is 11.6 Å². The third-order valence-electron chi connectivity index (χ3n) is 6.41. The van der Waals surface area contributed by atoms with Gasteiger partial charge in [-0.25, -0.2) is 0 Å². The van der Waals surface area contributed by atoms with Crippen LogP contribution in [-0.4, -0.2) is 56.3 Å².